The van der Waals surface area contributed by atoms with Gasteiger partial charge in [-0.15, -0.1) is 0 Å². The molecule has 1 fully saturated rings. The van der Waals surface area contributed by atoms with Gasteiger partial charge in [0.15, 0.2) is 0 Å². The molecule has 1 saturated heterocycles. The van der Waals surface area contributed by atoms with Crippen molar-refractivity contribution in [2.45, 2.75) is 25.8 Å². The maximum absolute atomic E-state index is 5.35. The number of oxazole rings is 1. The van der Waals surface area contributed by atoms with E-state index in [0.717, 1.165) is 18.0 Å². The lowest BCUT2D eigenvalue weighted by atomic mass is 10.1. The van der Waals surface area contributed by atoms with Gasteiger partial charge in [-0.1, -0.05) is 0 Å². The summed E-state index contributed by atoms with van der Waals surface area (Å²) in [6.45, 7) is 3.13. The predicted octanol–water partition coefficient (Wildman–Crippen LogP) is 2.51. The highest BCUT2D eigenvalue weighted by atomic mass is 79.9. The monoisotopic (exact) mass is 244 g/mol. The van der Waals surface area contributed by atoms with Crippen LogP contribution in [0.5, 0.6) is 0 Å². The van der Waals surface area contributed by atoms with Gasteiger partial charge in [0.1, 0.15) is 11.5 Å². The van der Waals surface area contributed by atoms with Crippen LogP contribution in [0.4, 0.5) is 0 Å². The van der Waals surface area contributed by atoms with Crippen molar-refractivity contribution in [3.8, 4) is 0 Å². The Balaban J connectivity index is 2.28. The smallest absolute Gasteiger partial charge is 0.264 e. The molecule has 1 aliphatic heterocycles. The third-order valence-corrected chi connectivity index (χ3v) is 2.98. The fourth-order valence-electron chi connectivity index (χ4n) is 1.94. The van der Waals surface area contributed by atoms with Crippen LogP contribution in [0.2, 0.25) is 0 Å². The Morgan fingerprint density at radius 2 is 2.38 bits per heavy atom. The number of aryl methyl sites for hydroxylation is 1. The SMILES string of the molecule is Cc1oc(Br)nc1C1CCCN1C. The van der Waals surface area contributed by atoms with Crippen molar-refractivity contribution in [1.29, 1.82) is 0 Å². The second kappa shape index (κ2) is 3.42. The van der Waals surface area contributed by atoms with E-state index in [2.05, 4.69) is 32.9 Å². The molecule has 2 rings (SSSR count). The zero-order chi connectivity index (χ0) is 9.42. The molecule has 0 bridgehead atoms. The molecule has 72 valence electrons. The molecule has 1 aromatic rings. The highest BCUT2D eigenvalue weighted by molar-refractivity contribution is 9.10. The van der Waals surface area contributed by atoms with E-state index >= 15 is 0 Å². The lowest BCUT2D eigenvalue weighted by Gasteiger charge is -2.16. The average molecular weight is 245 g/mol. The van der Waals surface area contributed by atoms with E-state index in [1.807, 2.05) is 6.92 Å². The van der Waals surface area contributed by atoms with Crippen LogP contribution in [0.25, 0.3) is 0 Å². The minimum absolute atomic E-state index is 0.454. The van der Waals surface area contributed by atoms with Crippen molar-refractivity contribution in [2.75, 3.05) is 13.6 Å². The third kappa shape index (κ3) is 1.65. The minimum Gasteiger partial charge on any atom is -0.436 e. The third-order valence-electron chi connectivity index (χ3n) is 2.64. The summed E-state index contributed by atoms with van der Waals surface area (Å²) in [7, 11) is 2.14. The number of nitrogens with zero attached hydrogens (tertiary/aromatic N) is 2. The Kier molecular flexibility index (Phi) is 2.43. The molecule has 0 amide bonds. The Bertz CT molecular complexity index is 311. The Morgan fingerprint density at radius 3 is 2.85 bits per heavy atom. The number of rotatable bonds is 1. The zero-order valence-electron chi connectivity index (χ0n) is 7.88. The highest BCUT2D eigenvalue weighted by Crippen LogP contribution is 2.32. The van der Waals surface area contributed by atoms with Crippen molar-refractivity contribution in [3.63, 3.8) is 0 Å². The molecular weight excluding hydrogens is 232 g/mol. The first-order valence-corrected chi connectivity index (χ1v) is 5.31. The first kappa shape index (κ1) is 9.21. The summed E-state index contributed by atoms with van der Waals surface area (Å²) >= 11 is 3.25. The van der Waals surface area contributed by atoms with Gasteiger partial charge in [0, 0.05) is 15.9 Å². The van der Waals surface area contributed by atoms with Crippen LogP contribution in [0.15, 0.2) is 9.22 Å². The summed E-state index contributed by atoms with van der Waals surface area (Å²) in [4.78, 5) is 7.28. The molecular formula is C9H13BrN2O. The van der Waals surface area contributed by atoms with Crippen molar-refractivity contribution < 1.29 is 4.42 Å². The number of aromatic nitrogens is 1. The summed E-state index contributed by atoms with van der Waals surface area (Å²) in [5, 5.41) is 0. The van der Waals surface area contributed by atoms with Gasteiger partial charge in [-0.05, 0) is 33.4 Å². The Morgan fingerprint density at radius 1 is 1.62 bits per heavy atom. The van der Waals surface area contributed by atoms with E-state index in [1.54, 1.807) is 0 Å². The van der Waals surface area contributed by atoms with Gasteiger partial charge >= 0.3 is 0 Å². The lowest BCUT2D eigenvalue weighted by molar-refractivity contribution is 0.309. The maximum atomic E-state index is 5.35. The van der Waals surface area contributed by atoms with Gasteiger partial charge < -0.3 is 4.42 Å². The zero-order valence-corrected chi connectivity index (χ0v) is 9.47. The summed E-state index contributed by atoms with van der Waals surface area (Å²) in [5.74, 6) is 0.936. The second-order valence-corrected chi connectivity index (χ2v) is 4.23. The van der Waals surface area contributed by atoms with Crippen LogP contribution in [0.1, 0.15) is 30.3 Å². The number of hydrogen-bond donors (Lipinski definition) is 0. The molecule has 1 unspecified atom stereocenters. The van der Waals surface area contributed by atoms with Crippen LogP contribution in [-0.4, -0.2) is 23.5 Å². The minimum atomic E-state index is 0.454. The predicted molar refractivity (Wildman–Crippen MR) is 53.5 cm³/mol. The lowest BCUT2D eigenvalue weighted by Crippen LogP contribution is -2.18. The molecule has 13 heavy (non-hydrogen) atoms. The van der Waals surface area contributed by atoms with Gasteiger partial charge in [-0.25, -0.2) is 4.98 Å². The average Bonchev–Trinajstić information content (AvgIpc) is 2.58. The standard InChI is InChI=1S/C9H13BrN2O/c1-6-8(11-9(10)13-6)7-4-3-5-12(7)2/h7H,3-5H2,1-2H3. The van der Waals surface area contributed by atoms with Crippen molar-refractivity contribution >= 4 is 15.9 Å². The second-order valence-electron chi connectivity index (χ2n) is 3.55. The van der Waals surface area contributed by atoms with Crippen molar-refractivity contribution in [3.05, 3.63) is 16.3 Å². The topological polar surface area (TPSA) is 29.3 Å². The van der Waals surface area contributed by atoms with Crippen LogP contribution in [-0.2, 0) is 0 Å². The molecule has 1 aromatic heterocycles. The van der Waals surface area contributed by atoms with Gasteiger partial charge in [0.25, 0.3) is 4.80 Å². The van der Waals surface area contributed by atoms with Crippen LogP contribution >= 0.6 is 15.9 Å². The van der Waals surface area contributed by atoms with Gasteiger partial charge in [-0.2, -0.15) is 0 Å². The van der Waals surface area contributed by atoms with Gasteiger partial charge in [0.05, 0.1) is 6.04 Å². The quantitative estimate of drug-likeness (QED) is 0.761. The molecule has 0 aromatic carbocycles. The molecule has 4 heteroatoms. The van der Waals surface area contributed by atoms with Crippen LogP contribution < -0.4 is 0 Å². The number of likely N-dealkylation sites (tertiary alicyclic amines) is 1. The summed E-state index contributed by atoms with van der Waals surface area (Å²) in [6.07, 6.45) is 2.45. The van der Waals surface area contributed by atoms with E-state index in [0.29, 0.717) is 10.8 Å². The Hall–Kier alpha value is -0.350. The van der Waals surface area contributed by atoms with Gasteiger partial charge in [-0.3, -0.25) is 4.90 Å². The van der Waals surface area contributed by atoms with E-state index in [-0.39, 0.29) is 0 Å². The highest BCUT2D eigenvalue weighted by Gasteiger charge is 2.27. The molecule has 1 aliphatic rings. The molecule has 2 heterocycles. The Labute approximate surface area is 86.3 Å². The van der Waals surface area contributed by atoms with Gasteiger partial charge in [0.2, 0.25) is 0 Å². The van der Waals surface area contributed by atoms with E-state index in [1.165, 1.54) is 12.8 Å². The largest absolute Gasteiger partial charge is 0.436 e. The van der Waals surface area contributed by atoms with E-state index in [4.69, 9.17) is 4.42 Å². The summed E-state index contributed by atoms with van der Waals surface area (Å²) < 4.78 is 5.35. The molecule has 1 atom stereocenters. The van der Waals surface area contributed by atoms with Crippen LogP contribution in [0.3, 0.4) is 0 Å². The van der Waals surface area contributed by atoms with Crippen molar-refractivity contribution in [1.82, 2.24) is 9.88 Å². The first-order valence-electron chi connectivity index (χ1n) is 4.51. The molecule has 3 nitrogen and oxygen atoms in total. The number of halogens is 1. The number of hydrogen-bond acceptors (Lipinski definition) is 3. The van der Waals surface area contributed by atoms with E-state index in [9.17, 15) is 0 Å². The molecule has 0 aliphatic carbocycles. The van der Waals surface area contributed by atoms with E-state index < -0.39 is 0 Å². The van der Waals surface area contributed by atoms with Crippen LogP contribution in [0, 0.1) is 6.92 Å². The summed E-state index contributed by atoms with van der Waals surface area (Å²) in [5.41, 5.74) is 1.09. The molecule has 0 radical (unpaired) electrons. The first-order chi connectivity index (χ1) is 6.18. The summed E-state index contributed by atoms with van der Waals surface area (Å²) in [6, 6.07) is 0.454. The molecule has 0 spiro atoms. The normalized spacial score (nSPS) is 24.1. The fourth-order valence-corrected chi connectivity index (χ4v) is 2.37. The molecule has 0 N–H and O–H groups in total. The fraction of sp³-hybridized carbons (Fsp3) is 0.667. The van der Waals surface area contributed by atoms with Crippen molar-refractivity contribution in [2.24, 2.45) is 0 Å². The maximum Gasteiger partial charge on any atom is 0.264 e. The molecule has 0 saturated carbocycles.